The normalized spacial score (nSPS) is 19.9. The number of aliphatic hydroxyl groups excluding tert-OH is 1. The van der Waals surface area contributed by atoms with Crippen LogP contribution in [0.15, 0.2) is 42.0 Å². The number of likely N-dealkylation sites (tertiary alicyclic amines) is 1. The minimum absolute atomic E-state index is 0.0435. The third-order valence-electron chi connectivity index (χ3n) is 6.99. The number of aliphatic hydroxyl groups is 1. The summed E-state index contributed by atoms with van der Waals surface area (Å²) < 4.78 is 22.9. The Hall–Kier alpha value is -3.52. The molecule has 2 heterocycles. The number of hydrogen-bond acceptors (Lipinski definition) is 7. The third kappa shape index (κ3) is 6.22. The van der Waals surface area contributed by atoms with E-state index >= 15 is 0 Å². The van der Waals surface area contributed by atoms with E-state index in [0.717, 1.165) is 17.7 Å². The molecule has 1 fully saturated rings. The van der Waals surface area contributed by atoms with Crippen LogP contribution in [0.25, 0.3) is 5.76 Å². The molecule has 2 aliphatic rings. The van der Waals surface area contributed by atoms with E-state index in [1.54, 1.807) is 25.3 Å². The van der Waals surface area contributed by atoms with Gasteiger partial charge in [0.2, 0.25) is 0 Å². The summed E-state index contributed by atoms with van der Waals surface area (Å²) in [6.45, 7) is 9.85. The molecule has 0 bridgehead atoms. The molecule has 8 heteroatoms. The minimum Gasteiger partial charge on any atom is -0.507 e. The number of carbonyl (C=O) groups is 2. The molecule has 210 valence electrons. The molecule has 8 nitrogen and oxygen atoms in total. The van der Waals surface area contributed by atoms with Crippen molar-refractivity contribution in [2.45, 2.75) is 59.1 Å². The molecule has 2 atom stereocenters. The molecule has 4 rings (SSSR count). The Morgan fingerprint density at radius 1 is 1.10 bits per heavy atom. The highest BCUT2D eigenvalue weighted by atomic mass is 16.5. The first-order valence-corrected chi connectivity index (χ1v) is 13.7. The van der Waals surface area contributed by atoms with Crippen molar-refractivity contribution in [3.05, 3.63) is 58.7 Å². The summed E-state index contributed by atoms with van der Waals surface area (Å²) in [5.41, 5.74) is 2.15. The largest absolute Gasteiger partial charge is 0.507 e. The summed E-state index contributed by atoms with van der Waals surface area (Å²) >= 11 is 0. The van der Waals surface area contributed by atoms with Gasteiger partial charge in [0.1, 0.15) is 17.6 Å². The van der Waals surface area contributed by atoms with Crippen molar-refractivity contribution in [3.8, 4) is 17.2 Å². The Morgan fingerprint density at radius 2 is 1.90 bits per heavy atom. The van der Waals surface area contributed by atoms with E-state index in [4.69, 9.17) is 18.9 Å². The van der Waals surface area contributed by atoms with Gasteiger partial charge in [0.25, 0.3) is 11.7 Å². The Balaban J connectivity index is 1.77. The number of hydrogen-bond donors (Lipinski definition) is 1. The Labute approximate surface area is 230 Å². The molecule has 2 aliphatic heterocycles. The lowest BCUT2D eigenvalue weighted by Crippen LogP contribution is -2.31. The van der Waals surface area contributed by atoms with E-state index in [0.29, 0.717) is 67.8 Å². The highest BCUT2D eigenvalue weighted by molar-refractivity contribution is 6.46. The number of methoxy groups -OCH3 is 1. The second-order valence-electron chi connectivity index (χ2n) is 10.5. The van der Waals surface area contributed by atoms with Crippen molar-refractivity contribution >= 4 is 17.4 Å². The van der Waals surface area contributed by atoms with Crippen molar-refractivity contribution < 1.29 is 33.6 Å². The number of ether oxygens (including phenoxy) is 4. The number of ketones is 1. The predicted octanol–water partition coefficient (Wildman–Crippen LogP) is 5.29. The van der Waals surface area contributed by atoms with Gasteiger partial charge in [-0.15, -0.1) is 0 Å². The summed E-state index contributed by atoms with van der Waals surface area (Å²) in [5, 5.41) is 11.5. The van der Waals surface area contributed by atoms with Crippen LogP contribution in [0.4, 0.5) is 0 Å². The standard InChI is InChI=1S/C31H39NO7/c1-6-37-26-18-21(8-11-25(26)38-15-12-19(2)3)28-27(30(34)31(35)32(28)13-7-14-36-5)29(33)22-9-10-24-23(17-22)16-20(4)39-24/h8-11,17-20,28,33H,6-7,12-16H2,1-5H3/t20-,28+/m1/s1. The SMILES string of the molecule is CCOc1cc([C@H]2C(=C(O)c3ccc4c(c3)C[C@@H](C)O4)C(=O)C(=O)N2CCCOC)ccc1OCCC(C)C. The van der Waals surface area contributed by atoms with E-state index in [2.05, 4.69) is 13.8 Å². The summed E-state index contributed by atoms with van der Waals surface area (Å²) in [5.74, 6) is 0.840. The first-order chi connectivity index (χ1) is 18.7. The van der Waals surface area contributed by atoms with Crippen LogP contribution in [0.5, 0.6) is 17.2 Å². The van der Waals surface area contributed by atoms with Crippen molar-refractivity contribution in [1.29, 1.82) is 0 Å². The smallest absolute Gasteiger partial charge is 0.295 e. The zero-order valence-corrected chi connectivity index (χ0v) is 23.5. The van der Waals surface area contributed by atoms with Crippen LogP contribution in [-0.2, 0) is 20.7 Å². The van der Waals surface area contributed by atoms with Crippen LogP contribution in [0.3, 0.4) is 0 Å². The maximum Gasteiger partial charge on any atom is 0.295 e. The molecule has 0 spiro atoms. The van der Waals surface area contributed by atoms with E-state index in [9.17, 15) is 14.7 Å². The minimum atomic E-state index is -0.783. The molecule has 0 unspecified atom stereocenters. The Kier molecular flexibility index (Phi) is 9.17. The zero-order chi connectivity index (χ0) is 28.1. The summed E-state index contributed by atoms with van der Waals surface area (Å²) in [6.07, 6.45) is 2.20. The quantitative estimate of drug-likeness (QED) is 0.170. The topological polar surface area (TPSA) is 94.5 Å². The average molecular weight is 538 g/mol. The Morgan fingerprint density at radius 3 is 2.62 bits per heavy atom. The molecule has 1 N–H and O–H groups in total. The zero-order valence-electron chi connectivity index (χ0n) is 23.5. The highest BCUT2D eigenvalue weighted by Crippen LogP contribution is 2.43. The van der Waals surface area contributed by atoms with Gasteiger partial charge in [-0.1, -0.05) is 19.9 Å². The Bertz CT molecular complexity index is 1240. The van der Waals surface area contributed by atoms with Gasteiger partial charge in [0.05, 0.1) is 24.8 Å². The van der Waals surface area contributed by atoms with Crippen LogP contribution in [0, 0.1) is 5.92 Å². The molecular weight excluding hydrogens is 498 g/mol. The monoisotopic (exact) mass is 537 g/mol. The van der Waals surface area contributed by atoms with Crippen LogP contribution in [-0.4, -0.2) is 61.3 Å². The molecule has 2 aromatic carbocycles. The lowest BCUT2D eigenvalue weighted by Gasteiger charge is -2.26. The molecule has 0 radical (unpaired) electrons. The number of rotatable bonds is 12. The number of Topliss-reactive ketones (excluding diaryl/α,β-unsaturated/α-hetero) is 1. The second-order valence-corrected chi connectivity index (χ2v) is 10.5. The van der Waals surface area contributed by atoms with Crippen LogP contribution < -0.4 is 14.2 Å². The number of fused-ring (bicyclic) bond motifs is 1. The van der Waals surface area contributed by atoms with Gasteiger partial charge in [0, 0.05) is 32.2 Å². The van der Waals surface area contributed by atoms with Gasteiger partial charge >= 0.3 is 0 Å². The van der Waals surface area contributed by atoms with Crippen molar-refractivity contribution in [2.24, 2.45) is 5.92 Å². The molecule has 1 amide bonds. The fourth-order valence-corrected chi connectivity index (χ4v) is 5.05. The average Bonchev–Trinajstić information content (AvgIpc) is 3.40. The van der Waals surface area contributed by atoms with E-state index in [1.807, 2.05) is 32.0 Å². The number of nitrogens with zero attached hydrogens (tertiary/aromatic N) is 1. The van der Waals surface area contributed by atoms with Crippen molar-refractivity contribution in [2.75, 3.05) is 33.5 Å². The molecule has 1 saturated heterocycles. The lowest BCUT2D eigenvalue weighted by molar-refractivity contribution is -0.140. The summed E-state index contributed by atoms with van der Waals surface area (Å²) in [4.78, 5) is 28.2. The molecule has 2 aromatic rings. The third-order valence-corrected chi connectivity index (χ3v) is 6.99. The van der Waals surface area contributed by atoms with Crippen LogP contribution in [0.1, 0.15) is 63.3 Å². The van der Waals surface area contributed by atoms with E-state index in [-0.39, 0.29) is 17.4 Å². The van der Waals surface area contributed by atoms with Gasteiger partial charge in [-0.25, -0.2) is 0 Å². The molecular formula is C31H39NO7. The highest BCUT2D eigenvalue weighted by Gasteiger charge is 2.46. The van der Waals surface area contributed by atoms with Gasteiger partial charge in [-0.2, -0.15) is 0 Å². The van der Waals surface area contributed by atoms with Crippen LogP contribution >= 0.6 is 0 Å². The van der Waals surface area contributed by atoms with Gasteiger partial charge in [0.15, 0.2) is 11.5 Å². The maximum atomic E-state index is 13.4. The van der Waals surface area contributed by atoms with E-state index < -0.39 is 17.7 Å². The van der Waals surface area contributed by atoms with E-state index in [1.165, 1.54) is 4.90 Å². The lowest BCUT2D eigenvalue weighted by atomic mass is 9.94. The molecule has 0 saturated carbocycles. The summed E-state index contributed by atoms with van der Waals surface area (Å²) in [6, 6.07) is 10.0. The van der Waals surface area contributed by atoms with Crippen molar-refractivity contribution in [1.82, 2.24) is 4.90 Å². The summed E-state index contributed by atoms with van der Waals surface area (Å²) in [7, 11) is 1.59. The number of amides is 1. The van der Waals surface area contributed by atoms with Gasteiger partial charge in [-0.3, -0.25) is 9.59 Å². The van der Waals surface area contributed by atoms with Gasteiger partial charge in [-0.05, 0) is 74.1 Å². The molecule has 39 heavy (non-hydrogen) atoms. The van der Waals surface area contributed by atoms with Gasteiger partial charge < -0.3 is 29.0 Å². The first-order valence-electron chi connectivity index (χ1n) is 13.7. The fraction of sp³-hybridized carbons (Fsp3) is 0.484. The second kappa shape index (κ2) is 12.6. The number of benzene rings is 2. The first kappa shape index (κ1) is 28.5. The molecule has 0 aromatic heterocycles. The number of carbonyl (C=O) groups excluding carboxylic acids is 2. The maximum absolute atomic E-state index is 13.4. The van der Waals surface area contributed by atoms with Crippen LogP contribution in [0.2, 0.25) is 0 Å². The molecule has 0 aliphatic carbocycles. The fourth-order valence-electron chi connectivity index (χ4n) is 5.05. The van der Waals surface area contributed by atoms with Crippen molar-refractivity contribution in [3.63, 3.8) is 0 Å². The predicted molar refractivity (Wildman–Crippen MR) is 148 cm³/mol.